The molecule has 1 aliphatic rings. The van der Waals surface area contributed by atoms with Crippen LogP contribution in [0.3, 0.4) is 0 Å². The topological polar surface area (TPSA) is 81.7 Å². The van der Waals surface area contributed by atoms with Crippen LogP contribution in [-0.2, 0) is 7.05 Å². The molecule has 7 heteroatoms. The fourth-order valence-corrected chi connectivity index (χ4v) is 3.91. The first-order valence-corrected chi connectivity index (χ1v) is 9.22. The van der Waals surface area contributed by atoms with Gasteiger partial charge in [0.15, 0.2) is 5.65 Å². The zero-order valence-corrected chi connectivity index (χ0v) is 15.1. The van der Waals surface area contributed by atoms with Crippen molar-refractivity contribution in [2.24, 2.45) is 7.05 Å². The molecule has 0 unspecified atom stereocenters. The number of rotatable bonds is 3. The van der Waals surface area contributed by atoms with E-state index in [4.69, 9.17) is 0 Å². The molecule has 4 aromatic rings. The van der Waals surface area contributed by atoms with Gasteiger partial charge in [-0.25, -0.2) is 4.98 Å². The first-order valence-electron chi connectivity index (χ1n) is 9.22. The molecule has 0 atom stereocenters. The lowest BCUT2D eigenvalue weighted by Crippen LogP contribution is -2.04. The third-order valence-electron chi connectivity index (χ3n) is 5.35. The Morgan fingerprint density at radius 2 is 1.93 bits per heavy atom. The summed E-state index contributed by atoms with van der Waals surface area (Å²) < 4.78 is 3.88. The van der Waals surface area contributed by atoms with Crippen molar-refractivity contribution in [2.45, 2.75) is 31.7 Å². The molecule has 0 bridgehead atoms. The van der Waals surface area contributed by atoms with E-state index in [1.807, 2.05) is 37.8 Å². The number of benzene rings is 1. The fourth-order valence-electron chi connectivity index (χ4n) is 3.91. The van der Waals surface area contributed by atoms with Gasteiger partial charge in [0.05, 0.1) is 18.2 Å². The van der Waals surface area contributed by atoms with Gasteiger partial charge >= 0.3 is 0 Å². The number of hydrogen-bond donors (Lipinski definition) is 1. The number of hydrogen-bond acceptors (Lipinski definition) is 5. The molecular formula is C20H20N6O. The molecule has 0 aliphatic heterocycles. The van der Waals surface area contributed by atoms with Crippen molar-refractivity contribution in [1.82, 2.24) is 29.5 Å². The maximum Gasteiger partial charge on any atom is 0.182 e. The second kappa shape index (κ2) is 6.19. The average molecular weight is 360 g/mol. The molecular weight excluding hydrogens is 340 g/mol. The van der Waals surface area contributed by atoms with Crippen LogP contribution in [0.5, 0.6) is 5.75 Å². The largest absolute Gasteiger partial charge is 0.507 e. The zero-order valence-electron chi connectivity index (χ0n) is 15.1. The molecule has 0 spiro atoms. The van der Waals surface area contributed by atoms with Gasteiger partial charge in [0.25, 0.3) is 0 Å². The summed E-state index contributed by atoms with van der Waals surface area (Å²) in [5, 5.41) is 23.5. The summed E-state index contributed by atoms with van der Waals surface area (Å²) in [6.07, 6.45) is 10.4. The Bertz CT molecular complexity index is 1120. The summed E-state index contributed by atoms with van der Waals surface area (Å²) in [6.45, 7) is 0. The first-order chi connectivity index (χ1) is 13.2. The number of phenolic OH excluding ortho intramolecular Hbond substituents is 1. The molecule has 27 heavy (non-hydrogen) atoms. The normalized spacial score (nSPS) is 15.0. The second-order valence-corrected chi connectivity index (χ2v) is 7.16. The van der Waals surface area contributed by atoms with Crippen molar-refractivity contribution in [3.8, 4) is 28.1 Å². The Hall–Kier alpha value is -3.22. The number of aromatic hydroxyl groups is 1. The van der Waals surface area contributed by atoms with E-state index in [9.17, 15) is 5.11 Å². The quantitative estimate of drug-likeness (QED) is 0.602. The Labute approximate surface area is 156 Å². The van der Waals surface area contributed by atoms with Gasteiger partial charge in [-0.05, 0) is 36.6 Å². The number of imidazole rings is 1. The van der Waals surface area contributed by atoms with Crippen LogP contribution < -0.4 is 0 Å². The van der Waals surface area contributed by atoms with E-state index in [1.165, 1.54) is 25.7 Å². The lowest BCUT2D eigenvalue weighted by Gasteiger charge is -2.11. The highest BCUT2D eigenvalue weighted by Crippen LogP contribution is 2.34. The van der Waals surface area contributed by atoms with Crippen molar-refractivity contribution in [3.63, 3.8) is 0 Å². The van der Waals surface area contributed by atoms with Crippen LogP contribution in [0.25, 0.3) is 33.5 Å². The molecule has 7 nitrogen and oxygen atoms in total. The molecule has 5 rings (SSSR count). The van der Waals surface area contributed by atoms with E-state index in [0.29, 0.717) is 17.3 Å². The van der Waals surface area contributed by atoms with Gasteiger partial charge in [0.2, 0.25) is 0 Å². The van der Waals surface area contributed by atoms with Gasteiger partial charge < -0.3 is 9.67 Å². The van der Waals surface area contributed by atoms with Crippen molar-refractivity contribution >= 4 is 11.2 Å². The smallest absolute Gasteiger partial charge is 0.182 e. The summed E-state index contributed by atoms with van der Waals surface area (Å²) in [5.74, 6) is 0.167. The summed E-state index contributed by atoms with van der Waals surface area (Å²) >= 11 is 0. The number of aromatic nitrogens is 6. The number of aryl methyl sites for hydroxylation is 1. The summed E-state index contributed by atoms with van der Waals surface area (Å²) in [6, 6.07) is 7.92. The average Bonchev–Trinajstić information content (AvgIpc) is 3.41. The third kappa shape index (κ3) is 2.75. The van der Waals surface area contributed by atoms with Crippen LogP contribution >= 0.6 is 0 Å². The van der Waals surface area contributed by atoms with Crippen LogP contribution in [0.4, 0.5) is 0 Å². The maximum atomic E-state index is 10.5. The van der Waals surface area contributed by atoms with Crippen LogP contribution in [0.2, 0.25) is 0 Å². The van der Waals surface area contributed by atoms with Gasteiger partial charge in [-0.15, -0.1) is 10.2 Å². The molecule has 3 heterocycles. The van der Waals surface area contributed by atoms with E-state index < -0.39 is 0 Å². The van der Waals surface area contributed by atoms with Crippen LogP contribution in [0.15, 0.2) is 43.0 Å². The van der Waals surface area contributed by atoms with Crippen LogP contribution in [-0.4, -0.2) is 34.6 Å². The lowest BCUT2D eigenvalue weighted by molar-refractivity contribution is 0.477. The molecule has 3 aromatic heterocycles. The Morgan fingerprint density at radius 3 is 2.67 bits per heavy atom. The minimum absolute atomic E-state index is 0.167. The summed E-state index contributed by atoms with van der Waals surface area (Å²) in [4.78, 5) is 4.51. The number of phenols is 1. The highest BCUT2D eigenvalue weighted by molar-refractivity contribution is 5.79. The third-order valence-corrected chi connectivity index (χ3v) is 5.35. The van der Waals surface area contributed by atoms with Gasteiger partial charge in [-0.2, -0.15) is 5.10 Å². The summed E-state index contributed by atoms with van der Waals surface area (Å²) in [5.41, 5.74) is 4.75. The molecule has 1 saturated carbocycles. The standard InChI is InChI=1S/C20H20N6O/c1-25-11-14(10-22-25)13-6-7-16(19(27)8-13)17-9-18-20(24-23-17)26(12-21-18)15-4-2-3-5-15/h6-12,15,27H,2-5H2,1H3. The fraction of sp³-hybridized carbons (Fsp3) is 0.300. The first kappa shape index (κ1) is 16.0. The lowest BCUT2D eigenvalue weighted by atomic mass is 10.0. The van der Waals surface area contributed by atoms with Gasteiger partial charge in [-0.3, -0.25) is 4.68 Å². The predicted molar refractivity (Wildman–Crippen MR) is 102 cm³/mol. The van der Waals surface area contributed by atoms with E-state index in [0.717, 1.165) is 22.3 Å². The molecule has 1 fully saturated rings. The van der Waals surface area contributed by atoms with Crippen LogP contribution in [0, 0.1) is 0 Å². The van der Waals surface area contributed by atoms with E-state index in [1.54, 1.807) is 16.9 Å². The highest BCUT2D eigenvalue weighted by atomic mass is 16.3. The maximum absolute atomic E-state index is 10.5. The Balaban J connectivity index is 1.51. The van der Waals surface area contributed by atoms with E-state index in [-0.39, 0.29) is 5.75 Å². The van der Waals surface area contributed by atoms with E-state index >= 15 is 0 Å². The molecule has 136 valence electrons. The Kier molecular flexibility index (Phi) is 3.67. The van der Waals surface area contributed by atoms with Crippen molar-refractivity contribution in [2.75, 3.05) is 0 Å². The van der Waals surface area contributed by atoms with Gasteiger partial charge in [0.1, 0.15) is 11.3 Å². The molecule has 1 aromatic carbocycles. The van der Waals surface area contributed by atoms with E-state index in [2.05, 4.69) is 24.8 Å². The highest BCUT2D eigenvalue weighted by Gasteiger charge is 2.20. The molecule has 0 saturated heterocycles. The van der Waals surface area contributed by atoms with Crippen molar-refractivity contribution < 1.29 is 5.11 Å². The summed E-state index contributed by atoms with van der Waals surface area (Å²) in [7, 11) is 1.87. The zero-order chi connectivity index (χ0) is 18.4. The van der Waals surface area contributed by atoms with Gasteiger partial charge in [-0.1, -0.05) is 18.9 Å². The SMILES string of the molecule is Cn1cc(-c2ccc(-c3cc4ncn(C5CCCC5)c4nn3)c(O)c2)cn1. The Morgan fingerprint density at radius 1 is 1.07 bits per heavy atom. The predicted octanol–water partition coefficient (Wildman–Crippen LogP) is 3.71. The number of fused-ring (bicyclic) bond motifs is 1. The molecule has 0 amide bonds. The van der Waals surface area contributed by atoms with Gasteiger partial charge in [0, 0.05) is 30.4 Å². The van der Waals surface area contributed by atoms with Crippen molar-refractivity contribution in [3.05, 3.63) is 43.0 Å². The minimum Gasteiger partial charge on any atom is -0.507 e. The second-order valence-electron chi connectivity index (χ2n) is 7.16. The molecule has 1 N–H and O–H groups in total. The monoisotopic (exact) mass is 360 g/mol. The van der Waals surface area contributed by atoms with Crippen LogP contribution in [0.1, 0.15) is 31.7 Å². The molecule has 0 radical (unpaired) electrons. The van der Waals surface area contributed by atoms with Crippen molar-refractivity contribution in [1.29, 1.82) is 0 Å². The number of nitrogens with zero attached hydrogens (tertiary/aromatic N) is 6. The minimum atomic E-state index is 0.167. The molecule has 1 aliphatic carbocycles.